The number of hydrogen-bond donors (Lipinski definition) is 2. The molecule has 0 unspecified atom stereocenters. The monoisotopic (exact) mass is 309 g/mol. The van der Waals surface area contributed by atoms with Crippen LogP contribution in [0.15, 0.2) is 24.4 Å². The zero-order valence-corrected chi connectivity index (χ0v) is 12.5. The van der Waals surface area contributed by atoms with Gasteiger partial charge in [0.15, 0.2) is 5.82 Å². The Balaban J connectivity index is 2.12. The summed E-state index contributed by atoms with van der Waals surface area (Å²) in [5, 5.41) is 14.5. The van der Waals surface area contributed by atoms with Gasteiger partial charge in [0.05, 0.1) is 25.6 Å². The van der Waals surface area contributed by atoms with Gasteiger partial charge < -0.3 is 20.1 Å². The number of methoxy groups -OCH3 is 2. The second-order valence-electron chi connectivity index (χ2n) is 4.05. The summed E-state index contributed by atoms with van der Waals surface area (Å²) in [6, 6.07) is 5.24. The van der Waals surface area contributed by atoms with Crippen molar-refractivity contribution in [3.05, 3.63) is 29.4 Å². The summed E-state index contributed by atoms with van der Waals surface area (Å²) in [6.07, 6.45) is 1.54. The van der Waals surface area contributed by atoms with E-state index in [9.17, 15) is 0 Å². The predicted molar refractivity (Wildman–Crippen MR) is 81.5 cm³/mol. The Hall–Kier alpha value is -2.12. The molecule has 1 heterocycles. The van der Waals surface area contributed by atoms with Crippen molar-refractivity contribution < 1.29 is 9.47 Å². The summed E-state index contributed by atoms with van der Waals surface area (Å²) in [5.74, 6) is 1.59. The molecule has 0 fully saturated rings. The van der Waals surface area contributed by atoms with E-state index >= 15 is 0 Å². The maximum atomic E-state index is 5.98. The molecule has 0 saturated heterocycles. The van der Waals surface area contributed by atoms with Crippen molar-refractivity contribution in [1.82, 2.24) is 15.2 Å². The Morgan fingerprint density at radius 1 is 1.29 bits per heavy atom. The second-order valence-corrected chi connectivity index (χ2v) is 4.49. The predicted octanol–water partition coefficient (Wildman–Crippen LogP) is 2.34. The molecule has 2 rings (SSSR count). The number of rotatable bonds is 7. The van der Waals surface area contributed by atoms with Crippen LogP contribution in [0.3, 0.4) is 0 Å². The van der Waals surface area contributed by atoms with E-state index in [4.69, 9.17) is 21.1 Å². The van der Waals surface area contributed by atoms with E-state index in [-0.39, 0.29) is 0 Å². The van der Waals surface area contributed by atoms with Gasteiger partial charge in [-0.25, -0.2) is 0 Å². The molecule has 0 aliphatic carbocycles. The molecule has 21 heavy (non-hydrogen) atoms. The summed E-state index contributed by atoms with van der Waals surface area (Å²) in [5.41, 5.74) is 0.667. The second kappa shape index (κ2) is 7.61. The largest absolute Gasteiger partial charge is 0.495 e. The highest BCUT2D eigenvalue weighted by molar-refractivity contribution is 6.30. The SMILES string of the molecule is COCCNc1cnnc(Nc2cc(Cl)ccc2OC)n1. The minimum Gasteiger partial charge on any atom is -0.495 e. The topological polar surface area (TPSA) is 81.2 Å². The normalized spacial score (nSPS) is 10.2. The Morgan fingerprint density at radius 3 is 2.90 bits per heavy atom. The minimum atomic E-state index is 0.345. The first-order chi connectivity index (χ1) is 10.2. The van der Waals surface area contributed by atoms with Gasteiger partial charge in [-0.15, -0.1) is 5.10 Å². The van der Waals surface area contributed by atoms with Crippen LogP contribution in [0.2, 0.25) is 5.02 Å². The Bertz CT molecular complexity index is 597. The van der Waals surface area contributed by atoms with Crippen molar-refractivity contribution in [2.45, 2.75) is 0 Å². The molecule has 0 amide bonds. The fraction of sp³-hybridized carbons (Fsp3) is 0.308. The van der Waals surface area contributed by atoms with E-state index in [0.29, 0.717) is 41.4 Å². The highest BCUT2D eigenvalue weighted by atomic mass is 35.5. The van der Waals surface area contributed by atoms with Crippen molar-refractivity contribution in [2.24, 2.45) is 0 Å². The Kier molecular flexibility index (Phi) is 5.53. The number of hydrogen-bond acceptors (Lipinski definition) is 7. The third-order valence-corrected chi connectivity index (χ3v) is 2.81. The lowest BCUT2D eigenvalue weighted by Gasteiger charge is -2.10. The summed E-state index contributed by atoms with van der Waals surface area (Å²) in [7, 11) is 3.22. The van der Waals surface area contributed by atoms with Crippen LogP contribution in [0.1, 0.15) is 0 Å². The van der Waals surface area contributed by atoms with Crippen LogP contribution in [0.4, 0.5) is 17.5 Å². The van der Waals surface area contributed by atoms with Gasteiger partial charge in [0.2, 0.25) is 5.95 Å². The highest BCUT2D eigenvalue weighted by Crippen LogP contribution is 2.29. The lowest BCUT2D eigenvalue weighted by atomic mass is 10.3. The molecule has 0 aliphatic heterocycles. The molecule has 7 nitrogen and oxygen atoms in total. The number of anilines is 3. The number of aromatic nitrogens is 3. The van der Waals surface area contributed by atoms with Gasteiger partial charge in [-0.3, -0.25) is 0 Å². The van der Waals surface area contributed by atoms with E-state index in [1.54, 1.807) is 32.4 Å². The van der Waals surface area contributed by atoms with E-state index in [1.165, 1.54) is 6.20 Å². The zero-order chi connectivity index (χ0) is 15.1. The number of benzene rings is 1. The van der Waals surface area contributed by atoms with E-state index in [1.807, 2.05) is 0 Å². The summed E-state index contributed by atoms with van der Waals surface area (Å²) < 4.78 is 10.2. The van der Waals surface area contributed by atoms with Crippen LogP contribution in [-0.4, -0.2) is 42.6 Å². The van der Waals surface area contributed by atoms with Crippen LogP contribution in [0, 0.1) is 0 Å². The quantitative estimate of drug-likeness (QED) is 0.760. The van der Waals surface area contributed by atoms with Crippen LogP contribution in [0.5, 0.6) is 5.75 Å². The molecule has 0 atom stereocenters. The summed E-state index contributed by atoms with van der Waals surface area (Å²) >= 11 is 5.98. The number of halogens is 1. The van der Waals surface area contributed by atoms with E-state index in [0.717, 1.165) is 0 Å². The molecule has 1 aromatic carbocycles. The zero-order valence-electron chi connectivity index (χ0n) is 11.8. The number of ether oxygens (including phenoxy) is 2. The molecule has 8 heteroatoms. The first-order valence-electron chi connectivity index (χ1n) is 6.26. The van der Waals surface area contributed by atoms with E-state index < -0.39 is 0 Å². The fourth-order valence-corrected chi connectivity index (χ4v) is 1.79. The standard InChI is InChI=1S/C13H16ClN5O2/c1-20-6-5-15-12-8-16-19-13(18-12)17-10-7-9(14)3-4-11(10)21-2/h3-4,7-8H,5-6H2,1-2H3,(H2,15,17,18,19). The molecular formula is C13H16ClN5O2. The lowest BCUT2D eigenvalue weighted by Crippen LogP contribution is -2.10. The molecule has 0 bridgehead atoms. The summed E-state index contributed by atoms with van der Waals surface area (Å²) in [4.78, 5) is 4.29. The first-order valence-corrected chi connectivity index (χ1v) is 6.64. The highest BCUT2D eigenvalue weighted by Gasteiger charge is 2.07. The van der Waals surface area contributed by atoms with Gasteiger partial charge in [0, 0.05) is 18.7 Å². The van der Waals surface area contributed by atoms with Crippen molar-refractivity contribution in [1.29, 1.82) is 0 Å². The molecule has 112 valence electrons. The van der Waals surface area contributed by atoms with Crippen molar-refractivity contribution in [3.63, 3.8) is 0 Å². The van der Waals surface area contributed by atoms with Crippen molar-refractivity contribution in [2.75, 3.05) is 38.0 Å². The van der Waals surface area contributed by atoms with Gasteiger partial charge >= 0.3 is 0 Å². The Labute approximate surface area is 127 Å². The average Bonchev–Trinajstić information content (AvgIpc) is 2.48. The smallest absolute Gasteiger partial charge is 0.249 e. The molecular weight excluding hydrogens is 294 g/mol. The average molecular weight is 310 g/mol. The van der Waals surface area contributed by atoms with Gasteiger partial charge in [0.25, 0.3) is 0 Å². The Morgan fingerprint density at radius 2 is 2.14 bits per heavy atom. The molecule has 2 N–H and O–H groups in total. The lowest BCUT2D eigenvalue weighted by molar-refractivity contribution is 0.210. The van der Waals surface area contributed by atoms with Crippen LogP contribution >= 0.6 is 11.6 Å². The van der Waals surface area contributed by atoms with Gasteiger partial charge in [-0.1, -0.05) is 11.6 Å². The summed E-state index contributed by atoms with van der Waals surface area (Å²) in [6.45, 7) is 1.21. The maximum absolute atomic E-state index is 5.98. The molecule has 0 aliphatic rings. The van der Waals surface area contributed by atoms with Crippen LogP contribution in [0.25, 0.3) is 0 Å². The molecule has 2 aromatic rings. The van der Waals surface area contributed by atoms with Gasteiger partial charge in [-0.2, -0.15) is 10.1 Å². The third-order valence-electron chi connectivity index (χ3n) is 2.58. The number of nitrogens with zero attached hydrogens (tertiary/aromatic N) is 3. The van der Waals surface area contributed by atoms with Crippen molar-refractivity contribution in [3.8, 4) is 5.75 Å². The third kappa shape index (κ3) is 4.44. The van der Waals surface area contributed by atoms with Crippen LogP contribution in [-0.2, 0) is 4.74 Å². The van der Waals surface area contributed by atoms with Gasteiger partial charge in [0.1, 0.15) is 5.75 Å². The molecule has 1 aromatic heterocycles. The first kappa shape index (κ1) is 15.3. The van der Waals surface area contributed by atoms with Gasteiger partial charge in [-0.05, 0) is 18.2 Å². The molecule has 0 spiro atoms. The maximum Gasteiger partial charge on any atom is 0.249 e. The van der Waals surface area contributed by atoms with Crippen LogP contribution < -0.4 is 15.4 Å². The molecule has 0 radical (unpaired) electrons. The van der Waals surface area contributed by atoms with Crippen molar-refractivity contribution >= 4 is 29.1 Å². The minimum absolute atomic E-state index is 0.345. The molecule has 0 saturated carbocycles. The fourth-order valence-electron chi connectivity index (χ4n) is 1.62. The van der Waals surface area contributed by atoms with E-state index in [2.05, 4.69) is 25.8 Å². The number of nitrogens with one attached hydrogen (secondary N) is 2.